The van der Waals surface area contributed by atoms with Gasteiger partial charge in [0.25, 0.3) is 0 Å². The number of aliphatic hydroxyl groups is 1. The lowest BCUT2D eigenvalue weighted by molar-refractivity contribution is -0.114. The first-order chi connectivity index (χ1) is 16.1. The lowest BCUT2D eigenvalue weighted by atomic mass is 9.53. The van der Waals surface area contributed by atoms with Crippen LogP contribution in [0.2, 0.25) is 0 Å². The highest BCUT2D eigenvalue weighted by Crippen LogP contribution is 2.63. The SMILES string of the molecule is C#CC(C)(C)C.COc1ccc(C2CC3(C)C(O)CCC3C3CCC4=CC(=O)CCC4=C23)cc1. The minimum absolute atomic E-state index is 0.00890. The number of hydrogen-bond acceptors (Lipinski definition) is 3. The van der Waals surface area contributed by atoms with E-state index in [1.807, 2.05) is 26.8 Å². The van der Waals surface area contributed by atoms with E-state index in [0.717, 1.165) is 44.3 Å². The van der Waals surface area contributed by atoms with Crippen molar-refractivity contribution >= 4 is 5.78 Å². The van der Waals surface area contributed by atoms with Crippen molar-refractivity contribution in [3.8, 4) is 18.1 Å². The fourth-order valence-corrected chi connectivity index (χ4v) is 6.77. The normalized spacial score (nSPS) is 32.4. The van der Waals surface area contributed by atoms with Crippen molar-refractivity contribution in [1.82, 2.24) is 0 Å². The number of ketones is 1. The summed E-state index contributed by atoms with van der Waals surface area (Å²) < 4.78 is 5.37. The second-order valence-corrected chi connectivity index (χ2v) is 11.8. The van der Waals surface area contributed by atoms with Gasteiger partial charge in [0, 0.05) is 17.8 Å². The molecule has 1 aromatic rings. The van der Waals surface area contributed by atoms with Crippen LogP contribution in [0.5, 0.6) is 5.75 Å². The van der Waals surface area contributed by atoms with E-state index in [0.29, 0.717) is 24.2 Å². The van der Waals surface area contributed by atoms with E-state index >= 15 is 0 Å². The minimum atomic E-state index is -0.199. The number of fused-ring (bicyclic) bond motifs is 4. The molecule has 3 heteroatoms. The van der Waals surface area contributed by atoms with Crippen LogP contribution in [-0.4, -0.2) is 24.1 Å². The maximum atomic E-state index is 12.0. The van der Waals surface area contributed by atoms with Gasteiger partial charge in [-0.1, -0.05) is 24.6 Å². The molecule has 2 saturated carbocycles. The maximum absolute atomic E-state index is 12.0. The van der Waals surface area contributed by atoms with Gasteiger partial charge in [0.2, 0.25) is 0 Å². The third kappa shape index (κ3) is 4.63. The molecule has 5 rings (SSSR count). The van der Waals surface area contributed by atoms with Crippen molar-refractivity contribution in [2.75, 3.05) is 7.11 Å². The third-order valence-corrected chi connectivity index (χ3v) is 8.63. The van der Waals surface area contributed by atoms with E-state index in [-0.39, 0.29) is 22.7 Å². The smallest absolute Gasteiger partial charge is 0.156 e. The van der Waals surface area contributed by atoms with E-state index in [1.165, 1.54) is 16.7 Å². The highest BCUT2D eigenvalue weighted by molar-refractivity contribution is 5.93. The molecule has 0 radical (unpaired) electrons. The van der Waals surface area contributed by atoms with E-state index < -0.39 is 0 Å². The highest BCUT2D eigenvalue weighted by atomic mass is 16.5. The number of aliphatic hydroxyl groups excluding tert-OH is 1. The number of hydrogen-bond donors (Lipinski definition) is 1. The summed E-state index contributed by atoms with van der Waals surface area (Å²) in [4.78, 5) is 12.0. The van der Waals surface area contributed by atoms with Gasteiger partial charge in [0.1, 0.15) is 5.75 Å². The number of carbonyl (C=O) groups is 1. The van der Waals surface area contributed by atoms with Crippen LogP contribution in [0.25, 0.3) is 0 Å². The summed E-state index contributed by atoms with van der Waals surface area (Å²) in [5.74, 6) is 5.22. The molecule has 182 valence electrons. The average molecular weight is 461 g/mol. The van der Waals surface area contributed by atoms with Crippen molar-refractivity contribution < 1.29 is 14.6 Å². The molecule has 4 aliphatic carbocycles. The Morgan fingerprint density at radius 3 is 2.38 bits per heavy atom. The summed E-state index contributed by atoms with van der Waals surface area (Å²) in [7, 11) is 1.70. The van der Waals surface area contributed by atoms with Gasteiger partial charge in [-0.15, -0.1) is 12.3 Å². The van der Waals surface area contributed by atoms with Gasteiger partial charge < -0.3 is 9.84 Å². The highest BCUT2D eigenvalue weighted by Gasteiger charge is 2.56. The van der Waals surface area contributed by atoms with Crippen LogP contribution in [-0.2, 0) is 4.79 Å². The van der Waals surface area contributed by atoms with E-state index in [1.54, 1.807) is 12.7 Å². The Bertz CT molecular complexity index is 1030. The Morgan fingerprint density at radius 1 is 1.09 bits per heavy atom. The number of terminal acetylenes is 1. The van der Waals surface area contributed by atoms with Crippen LogP contribution in [0, 0.1) is 35.0 Å². The standard InChI is InChI=1S/C25H30O3.C6H10/c1-25-14-21(15-3-7-18(28-2)8-4-15)24-19-10-6-17(26)13-16(19)5-9-20(24)22(25)11-12-23(25)27;1-5-6(2,3)4/h3-4,7-8,13,20-23,27H,5-6,9-12,14H2,1-2H3;1H,2-4H3. The molecule has 0 heterocycles. The molecular weight excluding hydrogens is 420 g/mol. The zero-order valence-electron chi connectivity index (χ0n) is 21.5. The Labute approximate surface area is 205 Å². The summed E-state index contributed by atoms with van der Waals surface area (Å²) in [6.07, 6.45) is 13.5. The monoisotopic (exact) mass is 460 g/mol. The van der Waals surface area contributed by atoms with Gasteiger partial charge in [-0.3, -0.25) is 4.79 Å². The van der Waals surface area contributed by atoms with Crippen LogP contribution in [0.1, 0.15) is 84.1 Å². The number of allylic oxidation sites excluding steroid dienone is 4. The molecule has 5 atom stereocenters. The largest absolute Gasteiger partial charge is 0.497 e. The molecule has 3 nitrogen and oxygen atoms in total. The molecule has 0 bridgehead atoms. The zero-order valence-corrected chi connectivity index (χ0v) is 21.5. The van der Waals surface area contributed by atoms with Crippen LogP contribution in [0.15, 0.2) is 47.1 Å². The summed E-state index contributed by atoms with van der Waals surface area (Å²) in [6.45, 7) is 8.34. The summed E-state index contributed by atoms with van der Waals surface area (Å²) >= 11 is 0. The quantitative estimate of drug-likeness (QED) is 0.504. The molecule has 0 saturated heterocycles. The van der Waals surface area contributed by atoms with E-state index in [2.05, 4.69) is 37.1 Å². The molecule has 5 unspecified atom stereocenters. The molecule has 0 amide bonds. The molecule has 0 spiro atoms. The Balaban J connectivity index is 0.000000408. The van der Waals surface area contributed by atoms with Gasteiger partial charge in [-0.2, -0.15) is 0 Å². The predicted octanol–water partition coefficient (Wildman–Crippen LogP) is 6.62. The molecule has 34 heavy (non-hydrogen) atoms. The van der Waals surface area contributed by atoms with Gasteiger partial charge >= 0.3 is 0 Å². The second kappa shape index (κ2) is 9.38. The van der Waals surface area contributed by atoms with Crippen molar-refractivity contribution in [1.29, 1.82) is 0 Å². The fourth-order valence-electron chi connectivity index (χ4n) is 6.77. The van der Waals surface area contributed by atoms with Crippen LogP contribution < -0.4 is 4.74 Å². The molecule has 2 fully saturated rings. The van der Waals surface area contributed by atoms with Crippen LogP contribution >= 0.6 is 0 Å². The first kappa shape index (κ1) is 24.8. The number of carbonyl (C=O) groups excluding carboxylic acids is 1. The lowest BCUT2D eigenvalue weighted by Gasteiger charge is -2.52. The van der Waals surface area contributed by atoms with Crippen molar-refractivity contribution in [2.45, 2.75) is 84.7 Å². The predicted molar refractivity (Wildman–Crippen MR) is 138 cm³/mol. The summed E-state index contributed by atoms with van der Waals surface area (Å²) in [6, 6.07) is 8.51. The fraction of sp³-hybridized carbons (Fsp3) is 0.581. The Hall–Kier alpha value is -2.31. The third-order valence-electron chi connectivity index (χ3n) is 8.63. The van der Waals surface area contributed by atoms with Crippen molar-refractivity contribution in [2.24, 2.45) is 22.7 Å². The minimum Gasteiger partial charge on any atom is -0.497 e. The van der Waals surface area contributed by atoms with Crippen molar-refractivity contribution in [3.63, 3.8) is 0 Å². The zero-order chi connectivity index (χ0) is 24.7. The average Bonchev–Trinajstić information content (AvgIpc) is 3.12. The molecule has 4 aliphatic rings. The van der Waals surface area contributed by atoms with Gasteiger partial charge in [0.05, 0.1) is 13.2 Å². The van der Waals surface area contributed by atoms with Crippen molar-refractivity contribution in [3.05, 3.63) is 52.6 Å². The number of methoxy groups -OCH3 is 1. The van der Waals surface area contributed by atoms with E-state index in [9.17, 15) is 9.90 Å². The number of rotatable bonds is 2. The summed E-state index contributed by atoms with van der Waals surface area (Å²) in [5.41, 5.74) is 5.74. The first-order valence-corrected chi connectivity index (χ1v) is 12.8. The van der Waals surface area contributed by atoms with Gasteiger partial charge in [-0.05, 0) is 111 Å². The van der Waals surface area contributed by atoms with E-state index in [4.69, 9.17) is 11.2 Å². The lowest BCUT2D eigenvalue weighted by Crippen LogP contribution is -2.45. The molecule has 1 aromatic carbocycles. The molecular formula is C31H40O3. The number of benzene rings is 1. The first-order valence-electron chi connectivity index (χ1n) is 12.8. The number of ether oxygens (including phenoxy) is 1. The van der Waals surface area contributed by atoms with Crippen LogP contribution in [0.3, 0.4) is 0 Å². The Morgan fingerprint density at radius 2 is 1.76 bits per heavy atom. The van der Waals surface area contributed by atoms with Crippen LogP contribution in [0.4, 0.5) is 0 Å². The summed E-state index contributed by atoms with van der Waals surface area (Å²) in [5, 5.41) is 10.9. The topological polar surface area (TPSA) is 46.5 Å². The Kier molecular flexibility index (Phi) is 6.85. The molecule has 1 N–H and O–H groups in total. The second-order valence-electron chi connectivity index (χ2n) is 11.8. The molecule has 0 aliphatic heterocycles. The van der Waals surface area contributed by atoms with Gasteiger partial charge in [-0.25, -0.2) is 0 Å². The molecule has 0 aromatic heterocycles. The maximum Gasteiger partial charge on any atom is 0.156 e. The van der Waals surface area contributed by atoms with Gasteiger partial charge in [0.15, 0.2) is 5.78 Å².